The average Bonchev–Trinajstić information content (AvgIpc) is 2.75. The van der Waals surface area contributed by atoms with E-state index in [0.717, 1.165) is 11.1 Å². The Morgan fingerprint density at radius 1 is 1.13 bits per heavy atom. The zero-order valence-electron chi connectivity index (χ0n) is 17.0. The van der Waals surface area contributed by atoms with Crippen LogP contribution in [0, 0.1) is 0 Å². The molecule has 0 aliphatic carbocycles. The van der Waals surface area contributed by atoms with E-state index in [0.29, 0.717) is 48.0 Å². The van der Waals surface area contributed by atoms with Crippen molar-refractivity contribution in [3.05, 3.63) is 58.1 Å². The standard InChI is InChI=1S/C21H25ClN2O5S/c1-28-19-12-15-8-10-24(14-16(15)13-20(19)29-2)30(26,27)11-5-9-23-21(25)17-6-3-4-7-18(17)22/h3-4,6-7,12-13H,5,8-11,14H2,1-2H3,(H,23,25). The number of nitrogens with one attached hydrogen (secondary N) is 1. The van der Waals surface area contributed by atoms with Gasteiger partial charge >= 0.3 is 0 Å². The van der Waals surface area contributed by atoms with Crippen LogP contribution in [0.5, 0.6) is 11.5 Å². The molecule has 0 aromatic heterocycles. The van der Waals surface area contributed by atoms with Gasteiger partial charge in [-0.15, -0.1) is 0 Å². The molecule has 1 aliphatic rings. The van der Waals surface area contributed by atoms with Crippen molar-refractivity contribution in [1.29, 1.82) is 0 Å². The Morgan fingerprint density at radius 2 is 1.80 bits per heavy atom. The Balaban J connectivity index is 1.56. The van der Waals surface area contributed by atoms with E-state index in [1.165, 1.54) is 4.31 Å². The number of nitrogens with zero attached hydrogens (tertiary/aromatic N) is 1. The van der Waals surface area contributed by atoms with Gasteiger partial charge < -0.3 is 14.8 Å². The molecule has 0 fully saturated rings. The number of carbonyl (C=O) groups excluding carboxylic acids is 1. The van der Waals surface area contributed by atoms with Crippen LogP contribution in [0.15, 0.2) is 36.4 Å². The first-order valence-corrected chi connectivity index (χ1v) is 11.6. The van der Waals surface area contributed by atoms with Gasteiger partial charge in [-0.2, -0.15) is 4.31 Å². The van der Waals surface area contributed by atoms with E-state index in [1.807, 2.05) is 12.1 Å². The molecule has 0 bridgehead atoms. The summed E-state index contributed by atoms with van der Waals surface area (Å²) in [5.41, 5.74) is 2.35. The minimum absolute atomic E-state index is 0.0432. The highest BCUT2D eigenvalue weighted by Gasteiger charge is 2.27. The van der Waals surface area contributed by atoms with Crippen molar-refractivity contribution in [2.75, 3.05) is 33.1 Å². The van der Waals surface area contributed by atoms with E-state index in [-0.39, 0.29) is 18.2 Å². The summed E-state index contributed by atoms with van der Waals surface area (Å²) < 4.78 is 37.7. The molecule has 1 amide bonds. The number of sulfonamides is 1. The molecule has 0 spiro atoms. The first-order valence-electron chi connectivity index (χ1n) is 9.60. The topological polar surface area (TPSA) is 84.9 Å². The number of amides is 1. The van der Waals surface area contributed by atoms with Gasteiger partial charge in [-0.3, -0.25) is 4.79 Å². The third-order valence-corrected chi connectivity index (χ3v) is 7.29. The van der Waals surface area contributed by atoms with Gasteiger partial charge in [0.2, 0.25) is 10.0 Å². The molecule has 2 aromatic rings. The van der Waals surface area contributed by atoms with Gasteiger partial charge in [0.25, 0.3) is 5.91 Å². The number of carbonyl (C=O) groups is 1. The molecule has 30 heavy (non-hydrogen) atoms. The number of ether oxygens (including phenoxy) is 2. The Kier molecular flexibility index (Phi) is 7.23. The lowest BCUT2D eigenvalue weighted by Gasteiger charge is -2.29. The van der Waals surface area contributed by atoms with E-state index >= 15 is 0 Å². The molecule has 1 aliphatic heterocycles. The summed E-state index contributed by atoms with van der Waals surface area (Å²) in [6.07, 6.45) is 0.923. The number of benzene rings is 2. The second-order valence-electron chi connectivity index (χ2n) is 6.96. The Bertz CT molecular complexity index is 1030. The third kappa shape index (κ3) is 5.06. The van der Waals surface area contributed by atoms with Gasteiger partial charge in [0.1, 0.15) is 0 Å². The molecule has 1 N–H and O–H groups in total. The van der Waals surface area contributed by atoms with Crippen LogP contribution >= 0.6 is 11.6 Å². The normalized spacial score (nSPS) is 14.1. The highest BCUT2D eigenvalue weighted by atomic mass is 35.5. The van der Waals surface area contributed by atoms with Crippen LogP contribution in [-0.4, -0.2) is 51.7 Å². The van der Waals surface area contributed by atoms with Crippen LogP contribution in [-0.2, 0) is 23.0 Å². The SMILES string of the molecule is COc1cc2c(cc1OC)CN(S(=O)(=O)CCCNC(=O)c1ccccc1Cl)CC2. The highest BCUT2D eigenvalue weighted by Crippen LogP contribution is 2.33. The lowest BCUT2D eigenvalue weighted by Crippen LogP contribution is -2.38. The zero-order chi connectivity index (χ0) is 21.7. The van der Waals surface area contributed by atoms with Gasteiger partial charge in [0, 0.05) is 19.6 Å². The summed E-state index contributed by atoms with van der Waals surface area (Å²) >= 11 is 6.01. The van der Waals surface area contributed by atoms with Crippen molar-refractivity contribution >= 4 is 27.5 Å². The molecule has 0 unspecified atom stereocenters. The van der Waals surface area contributed by atoms with Crippen molar-refractivity contribution in [2.24, 2.45) is 0 Å². The van der Waals surface area contributed by atoms with Gasteiger partial charge in [-0.1, -0.05) is 23.7 Å². The van der Waals surface area contributed by atoms with Crippen molar-refractivity contribution in [3.8, 4) is 11.5 Å². The molecule has 3 rings (SSSR count). The third-order valence-electron chi connectivity index (χ3n) is 5.06. The molecular weight excluding hydrogens is 428 g/mol. The van der Waals surface area contributed by atoms with Crippen LogP contribution in [0.2, 0.25) is 5.02 Å². The molecule has 9 heteroatoms. The fourth-order valence-corrected chi connectivity index (χ4v) is 5.12. The predicted octanol–water partition coefficient (Wildman–Crippen LogP) is 2.87. The second kappa shape index (κ2) is 9.68. The van der Waals surface area contributed by atoms with Crippen LogP contribution in [0.1, 0.15) is 27.9 Å². The minimum Gasteiger partial charge on any atom is -0.493 e. The van der Waals surface area contributed by atoms with Crippen LogP contribution < -0.4 is 14.8 Å². The van der Waals surface area contributed by atoms with E-state index < -0.39 is 10.0 Å². The second-order valence-corrected chi connectivity index (χ2v) is 9.46. The number of rotatable bonds is 8. The van der Waals surface area contributed by atoms with Gasteiger partial charge in [0.15, 0.2) is 11.5 Å². The smallest absolute Gasteiger partial charge is 0.252 e. The van der Waals surface area contributed by atoms with Crippen LogP contribution in [0.4, 0.5) is 0 Å². The van der Waals surface area contributed by atoms with E-state index in [9.17, 15) is 13.2 Å². The Morgan fingerprint density at radius 3 is 2.47 bits per heavy atom. The van der Waals surface area contributed by atoms with E-state index in [2.05, 4.69) is 5.32 Å². The fraction of sp³-hybridized carbons (Fsp3) is 0.381. The predicted molar refractivity (Wildman–Crippen MR) is 116 cm³/mol. The quantitative estimate of drug-likeness (QED) is 0.622. The van der Waals surface area contributed by atoms with Gasteiger partial charge in [0.05, 0.1) is 30.6 Å². The lowest BCUT2D eigenvalue weighted by atomic mass is 10.0. The fourth-order valence-electron chi connectivity index (χ4n) is 3.42. The lowest BCUT2D eigenvalue weighted by molar-refractivity contribution is 0.0954. The minimum atomic E-state index is -3.45. The van der Waals surface area contributed by atoms with Crippen LogP contribution in [0.25, 0.3) is 0 Å². The molecule has 0 saturated carbocycles. The van der Waals surface area contributed by atoms with Gasteiger partial charge in [-0.25, -0.2) is 8.42 Å². The summed E-state index contributed by atoms with van der Waals surface area (Å²) in [7, 11) is -0.316. The monoisotopic (exact) mass is 452 g/mol. The summed E-state index contributed by atoms with van der Waals surface area (Å²) in [6, 6.07) is 10.5. The summed E-state index contributed by atoms with van der Waals surface area (Å²) in [4.78, 5) is 12.2. The summed E-state index contributed by atoms with van der Waals surface area (Å²) in [6.45, 7) is 0.958. The largest absolute Gasteiger partial charge is 0.493 e. The highest BCUT2D eigenvalue weighted by molar-refractivity contribution is 7.89. The maximum atomic E-state index is 12.8. The molecule has 2 aromatic carbocycles. The molecule has 162 valence electrons. The first kappa shape index (κ1) is 22.4. The summed E-state index contributed by atoms with van der Waals surface area (Å²) in [5, 5.41) is 3.08. The van der Waals surface area contributed by atoms with Crippen LogP contribution in [0.3, 0.4) is 0 Å². The first-order chi connectivity index (χ1) is 14.4. The van der Waals surface area contributed by atoms with E-state index in [1.54, 1.807) is 38.5 Å². The number of halogens is 1. The van der Waals surface area contributed by atoms with E-state index in [4.69, 9.17) is 21.1 Å². The number of hydrogen-bond donors (Lipinski definition) is 1. The number of hydrogen-bond acceptors (Lipinski definition) is 5. The Hall–Kier alpha value is -2.29. The molecule has 0 radical (unpaired) electrons. The maximum Gasteiger partial charge on any atom is 0.252 e. The maximum absolute atomic E-state index is 12.8. The number of methoxy groups -OCH3 is 2. The molecule has 7 nitrogen and oxygen atoms in total. The Labute approximate surface area is 182 Å². The molecule has 1 heterocycles. The van der Waals surface area contributed by atoms with Crippen molar-refractivity contribution in [2.45, 2.75) is 19.4 Å². The molecular formula is C21H25ClN2O5S. The van der Waals surface area contributed by atoms with Crippen molar-refractivity contribution < 1.29 is 22.7 Å². The molecule has 0 atom stereocenters. The number of fused-ring (bicyclic) bond motifs is 1. The average molecular weight is 453 g/mol. The molecule has 0 saturated heterocycles. The summed E-state index contributed by atoms with van der Waals surface area (Å²) in [5.74, 6) is 0.865. The zero-order valence-corrected chi connectivity index (χ0v) is 18.6. The van der Waals surface area contributed by atoms with Crippen molar-refractivity contribution in [3.63, 3.8) is 0 Å². The van der Waals surface area contributed by atoms with Gasteiger partial charge in [-0.05, 0) is 48.2 Å². The van der Waals surface area contributed by atoms with Crippen molar-refractivity contribution in [1.82, 2.24) is 9.62 Å².